The van der Waals surface area contributed by atoms with E-state index in [-0.39, 0.29) is 5.97 Å². The zero-order valence-electron chi connectivity index (χ0n) is 12.5. The molecule has 20 heavy (non-hydrogen) atoms. The van der Waals surface area contributed by atoms with Gasteiger partial charge < -0.3 is 10.1 Å². The molecule has 0 spiro atoms. The molecule has 4 heteroatoms. The predicted molar refractivity (Wildman–Crippen MR) is 82.9 cm³/mol. The Hall–Kier alpha value is -0.870. The molecule has 0 saturated heterocycles. The van der Waals surface area contributed by atoms with E-state index in [1.165, 1.54) is 44.1 Å². The van der Waals surface area contributed by atoms with Crippen molar-refractivity contribution in [3.63, 3.8) is 0 Å². The minimum Gasteiger partial charge on any atom is -0.469 e. The second-order valence-corrected chi connectivity index (χ2v) is 7.04. The molecule has 0 atom stereocenters. The molecule has 1 saturated carbocycles. The van der Waals surface area contributed by atoms with Crippen molar-refractivity contribution < 1.29 is 9.53 Å². The number of thiophene rings is 1. The number of hydrogen-bond donors (Lipinski definition) is 1. The average Bonchev–Trinajstić information content (AvgIpc) is 3.09. The molecule has 0 radical (unpaired) electrons. The van der Waals surface area contributed by atoms with Crippen molar-refractivity contribution in [3.05, 3.63) is 21.9 Å². The standard InChI is InChI=1S/C16H25NO2S/c1-3-16(8-4-5-9-16)12-17-11-14-7-6-13(20-14)10-15(18)19-2/h6-7,17H,3-5,8-12H2,1-2H3. The van der Waals surface area contributed by atoms with E-state index < -0.39 is 0 Å². The number of methoxy groups -OCH3 is 1. The van der Waals surface area contributed by atoms with Crippen LogP contribution in [0, 0.1) is 5.41 Å². The fraction of sp³-hybridized carbons (Fsp3) is 0.688. The lowest BCUT2D eigenvalue weighted by Gasteiger charge is -2.27. The second kappa shape index (κ2) is 7.23. The first-order valence-electron chi connectivity index (χ1n) is 7.52. The van der Waals surface area contributed by atoms with E-state index in [1.54, 1.807) is 11.3 Å². The molecule has 0 aromatic carbocycles. The first kappa shape index (κ1) is 15.5. The topological polar surface area (TPSA) is 38.3 Å². The molecular weight excluding hydrogens is 270 g/mol. The van der Waals surface area contributed by atoms with Crippen LogP contribution in [-0.2, 0) is 22.5 Å². The summed E-state index contributed by atoms with van der Waals surface area (Å²) >= 11 is 1.70. The van der Waals surface area contributed by atoms with Crippen molar-refractivity contribution in [2.75, 3.05) is 13.7 Å². The molecule has 1 N–H and O–H groups in total. The highest BCUT2D eigenvalue weighted by atomic mass is 32.1. The van der Waals surface area contributed by atoms with Crippen LogP contribution in [0.15, 0.2) is 12.1 Å². The van der Waals surface area contributed by atoms with Crippen molar-refractivity contribution in [2.24, 2.45) is 5.41 Å². The maximum atomic E-state index is 11.2. The van der Waals surface area contributed by atoms with Gasteiger partial charge in [-0.3, -0.25) is 4.79 Å². The summed E-state index contributed by atoms with van der Waals surface area (Å²) in [5, 5.41) is 3.61. The Balaban J connectivity index is 1.78. The van der Waals surface area contributed by atoms with Gasteiger partial charge in [-0.05, 0) is 36.8 Å². The first-order valence-corrected chi connectivity index (χ1v) is 8.34. The van der Waals surface area contributed by atoms with Crippen molar-refractivity contribution in [2.45, 2.75) is 52.0 Å². The highest BCUT2D eigenvalue weighted by molar-refractivity contribution is 7.12. The monoisotopic (exact) mass is 295 g/mol. The Morgan fingerprint density at radius 1 is 1.35 bits per heavy atom. The van der Waals surface area contributed by atoms with Crippen LogP contribution in [0.25, 0.3) is 0 Å². The average molecular weight is 295 g/mol. The lowest BCUT2D eigenvalue weighted by molar-refractivity contribution is -0.139. The molecule has 1 aliphatic rings. The molecule has 1 heterocycles. The zero-order chi connectivity index (χ0) is 14.4. The number of esters is 1. The summed E-state index contributed by atoms with van der Waals surface area (Å²) in [4.78, 5) is 13.6. The van der Waals surface area contributed by atoms with Gasteiger partial charge in [-0.25, -0.2) is 0 Å². The zero-order valence-corrected chi connectivity index (χ0v) is 13.4. The van der Waals surface area contributed by atoms with Gasteiger partial charge >= 0.3 is 5.97 Å². The molecule has 112 valence electrons. The highest BCUT2D eigenvalue weighted by Gasteiger charge is 2.31. The Labute approximate surface area is 125 Å². The van der Waals surface area contributed by atoms with Gasteiger partial charge in [0.1, 0.15) is 0 Å². The summed E-state index contributed by atoms with van der Waals surface area (Å²) in [6, 6.07) is 4.15. The number of hydrogen-bond acceptors (Lipinski definition) is 4. The van der Waals surface area contributed by atoms with Gasteiger partial charge in [0.05, 0.1) is 13.5 Å². The SMILES string of the molecule is CCC1(CNCc2ccc(CC(=O)OC)s2)CCCC1. The molecule has 1 aliphatic carbocycles. The second-order valence-electron chi connectivity index (χ2n) is 5.79. The molecule has 3 nitrogen and oxygen atoms in total. The van der Waals surface area contributed by atoms with E-state index in [0.29, 0.717) is 11.8 Å². The fourth-order valence-electron chi connectivity index (χ4n) is 3.06. The third-order valence-corrected chi connectivity index (χ3v) is 5.56. The van der Waals surface area contributed by atoms with Crippen molar-refractivity contribution >= 4 is 17.3 Å². The van der Waals surface area contributed by atoms with E-state index in [1.807, 2.05) is 6.07 Å². The molecule has 1 fully saturated rings. The van der Waals surface area contributed by atoms with E-state index in [9.17, 15) is 4.79 Å². The van der Waals surface area contributed by atoms with Gasteiger partial charge in [-0.2, -0.15) is 0 Å². The van der Waals surface area contributed by atoms with Crippen LogP contribution in [-0.4, -0.2) is 19.6 Å². The minimum absolute atomic E-state index is 0.165. The third-order valence-electron chi connectivity index (χ3n) is 4.48. The minimum atomic E-state index is -0.165. The van der Waals surface area contributed by atoms with Crippen LogP contribution in [0.4, 0.5) is 0 Å². The number of rotatable bonds is 7. The van der Waals surface area contributed by atoms with Crippen LogP contribution >= 0.6 is 11.3 Å². The number of carbonyl (C=O) groups is 1. The number of nitrogens with one attached hydrogen (secondary N) is 1. The van der Waals surface area contributed by atoms with Gasteiger partial charge in [0.2, 0.25) is 0 Å². The van der Waals surface area contributed by atoms with E-state index in [2.05, 4.69) is 18.3 Å². The summed E-state index contributed by atoms with van der Waals surface area (Å²) in [7, 11) is 1.43. The smallest absolute Gasteiger partial charge is 0.310 e. The van der Waals surface area contributed by atoms with Crippen LogP contribution in [0.3, 0.4) is 0 Å². The van der Waals surface area contributed by atoms with Crippen molar-refractivity contribution in [3.8, 4) is 0 Å². The van der Waals surface area contributed by atoms with Gasteiger partial charge in [0.25, 0.3) is 0 Å². The van der Waals surface area contributed by atoms with Crippen LogP contribution in [0.5, 0.6) is 0 Å². The van der Waals surface area contributed by atoms with E-state index in [4.69, 9.17) is 4.74 Å². The summed E-state index contributed by atoms with van der Waals surface area (Å²) in [6.07, 6.45) is 7.18. The molecule has 0 unspecified atom stereocenters. The predicted octanol–water partition coefficient (Wildman–Crippen LogP) is 3.52. The van der Waals surface area contributed by atoms with Crippen LogP contribution in [0.1, 0.15) is 48.8 Å². The van der Waals surface area contributed by atoms with Crippen molar-refractivity contribution in [1.29, 1.82) is 0 Å². The normalized spacial score (nSPS) is 17.3. The quantitative estimate of drug-likeness (QED) is 0.782. The first-order chi connectivity index (χ1) is 9.67. The molecule has 0 bridgehead atoms. The molecule has 1 aromatic heterocycles. The highest BCUT2D eigenvalue weighted by Crippen LogP contribution is 2.40. The number of carbonyl (C=O) groups excluding carboxylic acids is 1. The molecular formula is C16H25NO2S. The third kappa shape index (κ3) is 4.06. The fourth-order valence-corrected chi connectivity index (χ4v) is 4.03. The van der Waals surface area contributed by atoms with Gasteiger partial charge in [0, 0.05) is 22.8 Å². The van der Waals surface area contributed by atoms with Gasteiger partial charge in [-0.15, -0.1) is 11.3 Å². The van der Waals surface area contributed by atoms with Crippen LogP contribution < -0.4 is 5.32 Å². The summed E-state index contributed by atoms with van der Waals surface area (Å²) < 4.78 is 4.69. The van der Waals surface area contributed by atoms with E-state index in [0.717, 1.165) is 18.0 Å². The molecule has 2 rings (SSSR count). The number of ether oxygens (including phenoxy) is 1. The Bertz CT molecular complexity index is 435. The molecule has 1 aromatic rings. The summed E-state index contributed by atoms with van der Waals surface area (Å²) in [5.74, 6) is -0.165. The Kier molecular flexibility index (Phi) is 5.61. The molecule has 0 amide bonds. The van der Waals surface area contributed by atoms with Gasteiger partial charge in [0.15, 0.2) is 0 Å². The lowest BCUT2D eigenvalue weighted by atomic mass is 9.83. The molecule has 0 aliphatic heterocycles. The van der Waals surface area contributed by atoms with E-state index >= 15 is 0 Å². The van der Waals surface area contributed by atoms with Crippen molar-refractivity contribution in [1.82, 2.24) is 5.32 Å². The largest absolute Gasteiger partial charge is 0.469 e. The summed E-state index contributed by atoms with van der Waals surface area (Å²) in [5.41, 5.74) is 0.534. The lowest BCUT2D eigenvalue weighted by Crippen LogP contribution is -2.31. The van der Waals surface area contributed by atoms with Crippen LogP contribution in [0.2, 0.25) is 0 Å². The van der Waals surface area contributed by atoms with Gasteiger partial charge in [-0.1, -0.05) is 19.8 Å². The Morgan fingerprint density at radius 3 is 2.70 bits per heavy atom. The maximum Gasteiger partial charge on any atom is 0.310 e. The summed E-state index contributed by atoms with van der Waals surface area (Å²) in [6.45, 7) is 4.34. The Morgan fingerprint density at radius 2 is 2.05 bits per heavy atom. The maximum absolute atomic E-state index is 11.2.